The number of hydrogen-bond donors (Lipinski definition) is 1. The largest absolute Gasteiger partial charge is 0.375 e. The van der Waals surface area contributed by atoms with Crippen LogP contribution >= 0.6 is 0 Å². The van der Waals surface area contributed by atoms with Crippen LogP contribution in [0.3, 0.4) is 0 Å². The average Bonchev–Trinajstić information content (AvgIpc) is 3.14. The standard InChI is InChI=1S/C25H28N2O/c1-2-6-22-15-20(9-10-21(22)5-1)18-28-19-25(27-13-11-26-12-14-27)16-23-7-3-4-8-24(23)17-25/h1-10,15,26H,11-14,16-19H2. The Hall–Kier alpha value is -2.20. The first kappa shape index (κ1) is 17.9. The van der Waals surface area contributed by atoms with E-state index in [-0.39, 0.29) is 5.54 Å². The molecule has 3 heteroatoms. The van der Waals surface area contributed by atoms with Gasteiger partial charge in [-0.1, -0.05) is 60.7 Å². The van der Waals surface area contributed by atoms with Crippen molar-refractivity contribution in [2.45, 2.75) is 25.0 Å². The van der Waals surface area contributed by atoms with Gasteiger partial charge in [0, 0.05) is 26.2 Å². The fraction of sp³-hybridized carbons (Fsp3) is 0.360. The molecule has 1 heterocycles. The van der Waals surface area contributed by atoms with Crippen molar-refractivity contribution in [1.82, 2.24) is 10.2 Å². The third-order valence-corrected chi connectivity index (χ3v) is 6.40. The van der Waals surface area contributed by atoms with Gasteiger partial charge in [-0.05, 0) is 46.4 Å². The van der Waals surface area contributed by atoms with Crippen molar-refractivity contribution < 1.29 is 4.74 Å². The zero-order valence-electron chi connectivity index (χ0n) is 16.4. The smallest absolute Gasteiger partial charge is 0.0718 e. The summed E-state index contributed by atoms with van der Waals surface area (Å²) in [5, 5.41) is 6.07. The maximum atomic E-state index is 6.38. The molecular weight excluding hydrogens is 344 g/mol. The van der Waals surface area contributed by atoms with E-state index in [1.165, 1.54) is 27.5 Å². The van der Waals surface area contributed by atoms with Crippen LogP contribution in [0.4, 0.5) is 0 Å². The van der Waals surface area contributed by atoms with Crippen LogP contribution in [0.15, 0.2) is 66.7 Å². The molecule has 0 aromatic heterocycles. The van der Waals surface area contributed by atoms with Gasteiger partial charge in [-0.25, -0.2) is 0 Å². The van der Waals surface area contributed by atoms with Crippen LogP contribution in [-0.2, 0) is 24.2 Å². The quantitative estimate of drug-likeness (QED) is 0.737. The van der Waals surface area contributed by atoms with E-state index in [0.29, 0.717) is 6.61 Å². The molecule has 5 rings (SSSR count). The molecule has 3 nitrogen and oxygen atoms in total. The van der Waals surface area contributed by atoms with Crippen molar-refractivity contribution in [2.24, 2.45) is 0 Å². The van der Waals surface area contributed by atoms with Gasteiger partial charge in [0.1, 0.15) is 0 Å². The van der Waals surface area contributed by atoms with E-state index in [2.05, 4.69) is 76.9 Å². The molecule has 3 aromatic carbocycles. The second kappa shape index (κ2) is 7.67. The molecule has 1 fully saturated rings. The molecular formula is C25H28N2O. The molecule has 144 valence electrons. The first-order valence-electron chi connectivity index (χ1n) is 10.4. The Balaban J connectivity index is 1.32. The highest BCUT2D eigenvalue weighted by Crippen LogP contribution is 2.35. The molecule has 28 heavy (non-hydrogen) atoms. The Bertz CT molecular complexity index is 936. The molecule has 1 saturated heterocycles. The number of nitrogens with zero attached hydrogens (tertiary/aromatic N) is 1. The van der Waals surface area contributed by atoms with Crippen molar-refractivity contribution in [1.29, 1.82) is 0 Å². The normalized spacial score (nSPS) is 19.0. The second-order valence-corrected chi connectivity index (χ2v) is 8.26. The van der Waals surface area contributed by atoms with Gasteiger partial charge in [-0.3, -0.25) is 4.90 Å². The lowest BCUT2D eigenvalue weighted by Gasteiger charge is -2.43. The topological polar surface area (TPSA) is 24.5 Å². The van der Waals surface area contributed by atoms with Crippen LogP contribution in [0.5, 0.6) is 0 Å². The molecule has 0 radical (unpaired) electrons. The SMILES string of the molecule is c1ccc2c(c1)CC(COCc1ccc3ccccc3c1)(N1CCNCC1)C2. The van der Waals surface area contributed by atoms with E-state index < -0.39 is 0 Å². The summed E-state index contributed by atoms with van der Waals surface area (Å²) in [7, 11) is 0. The summed E-state index contributed by atoms with van der Waals surface area (Å²) in [5.74, 6) is 0. The highest BCUT2D eigenvalue weighted by atomic mass is 16.5. The summed E-state index contributed by atoms with van der Waals surface area (Å²) < 4.78 is 6.38. The molecule has 0 atom stereocenters. The minimum absolute atomic E-state index is 0.0998. The predicted octanol–water partition coefficient (Wildman–Crippen LogP) is 3.80. The van der Waals surface area contributed by atoms with Crippen LogP contribution in [0.2, 0.25) is 0 Å². The lowest BCUT2D eigenvalue weighted by atomic mass is 9.93. The zero-order chi connectivity index (χ0) is 18.8. The van der Waals surface area contributed by atoms with Gasteiger partial charge in [0.05, 0.1) is 18.8 Å². The highest BCUT2D eigenvalue weighted by Gasteiger charge is 2.42. The molecule has 3 aromatic rings. The summed E-state index contributed by atoms with van der Waals surface area (Å²) in [6, 6.07) is 24.1. The van der Waals surface area contributed by atoms with Crippen LogP contribution in [0.1, 0.15) is 16.7 Å². The summed E-state index contributed by atoms with van der Waals surface area (Å²) in [4.78, 5) is 2.67. The average molecular weight is 373 g/mol. The summed E-state index contributed by atoms with van der Waals surface area (Å²) in [6.07, 6.45) is 2.20. The van der Waals surface area contributed by atoms with Crippen LogP contribution in [0.25, 0.3) is 10.8 Å². The van der Waals surface area contributed by atoms with Gasteiger partial charge in [-0.15, -0.1) is 0 Å². The molecule has 1 aliphatic heterocycles. The van der Waals surface area contributed by atoms with E-state index in [4.69, 9.17) is 4.74 Å². The fourth-order valence-electron chi connectivity index (χ4n) is 4.92. The van der Waals surface area contributed by atoms with Gasteiger partial charge in [0.25, 0.3) is 0 Å². The van der Waals surface area contributed by atoms with E-state index in [0.717, 1.165) is 45.6 Å². The number of benzene rings is 3. The monoisotopic (exact) mass is 372 g/mol. The molecule has 0 amide bonds. The number of fused-ring (bicyclic) bond motifs is 2. The van der Waals surface area contributed by atoms with Crippen molar-refractivity contribution in [3.8, 4) is 0 Å². The maximum Gasteiger partial charge on any atom is 0.0718 e. The van der Waals surface area contributed by atoms with Crippen LogP contribution < -0.4 is 5.32 Å². The fourth-order valence-corrected chi connectivity index (χ4v) is 4.92. The van der Waals surface area contributed by atoms with Crippen molar-refractivity contribution in [3.05, 3.63) is 83.4 Å². The Kier molecular flexibility index (Phi) is 4.89. The minimum atomic E-state index is 0.0998. The van der Waals surface area contributed by atoms with Gasteiger partial charge in [0.15, 0.2) is 0 Å². The van der Waals surface area contributed by atoms with Gasteiger partial charge in [-0.2, -0.15) is 0 Å². The maximum absolute atomic E-state index is 6.38. The molecule has 1 aliphatic carbocycles. The Morgan fingerprint density at radius 1 is 0.821 bits per heavy atom. The molecule has 0 bridgehead atoms. The Morgan fingerprint density at radius 2 is 1.50 bits per heavy atom. The van der Waals surface area contributed by atoms with Crippen molar-refractivity contribution in [2.75, 3.05) is 32.8 Å². The number of ether oxygens (including phenoxy) is 1. The van der Waals surface area contributed by atoms with E-state index in [9.17, 15) is 0 Å². The molecule has 0 unspecified atom stereocenters. The number of rotatable bonds is 5. The molecule has 0 spiro atoms. The molecule has 2 aliphatic rings. The van der Waals surface area contributed by atoms with Crippen LogP contribution in [0, 0.1) is 0 Å². The van der Waals surface area contributed by atoms with Crippen molar-refractivity contribution in [3.63, 3.8) is 0 Å². The summed E-state index contributed by atoms with van der Waals surface area (Å²) >= 11 is 0. The number of hydrogen-bond acceptors (Lipinski definition) is 3. The minimum Gasteiger partial charge on any atom is -0.375 e. The second-order valence-electron chi connectivity index (χ2n) is 8.26. The molecule has 1 N–H and O–H groups in total. The third-order valence-electron chi connectivity index (χ3n) is 6.40. The first-order valence-corrected chi connectivity index (χ1v) is 10.4. The lowest BCUT2D eigenvalue weighted by molar-refractivity contribution is -0.0158. The Labute approximate surface area is 167 Å². The van der Waals surface area contributed by atoms with Crippen LogP contribution in [-0.4, -0.2) is 43.2 Å². The number of nitrogens with one attached hydrogen (secondary N) is 1. The van der Waals surface area contributed by atoms with E-state index in [1.807, 2.05) is 0 Å². The number of piperazine rings is 1. The summed E-state index contributed by atoms with van der Waals surface area (Å²) in [6.45, 7) is 5.82. The lowest BCUT2D eigenvalue weighted by Crippen LogP contribution is -2.59. The Morgan fingerprint density at radius 3 is 2.25 bits per heavy atom. The predicted molar refractivity (Wildman–Crippen MR) is 115 cm³/mol. The highest BCUT2D eigenvalue weighted by molar-refractivity contribution is 5.82. The zero-order valence-corrected chi connectivity index (χ0v) is 16.4. The van der Waals surface area contributed by atoms with E-state index in [1.54, 1.807) is 0 Å². The third kappa shape index (κ3) is 3.46. The van der Waals surface area contributed by atoms with Gasteiger partial charge >= 0.3 is 0 Å². The van der Waals surface area contributed by atoms with E-state index >= 15 is 0 Å². The van der Waals surface area contributed by atoms with Crippen molar-refractivity contribution >= 4 is 10.8 Å². The van der Waals surface area contributed by atoms with Gasteiger partial charge in [0.2, 0.25) is 0 Å². The molecule has 0 saturated carbocycles. The summed E-state index contributed by atoms with van der Waals surface area (Å²) in [5.41, 5.74) is 4.35. The van der Waals surface area contributed by atoms with Gasteiger partial charge < -0.3 is 10.1 Å². The first-order chi connectivity index (χ1) is 13.8.